The van der Waals surface area contributed by atoms with Gasteiger partial charge >= 0.3 is 0 Å². The Morgan fingerprint density at radius 3 is 2.78 bits per heavy atom. The lowest BCUT2D eigenvalue weighted by atomic mass is 10.1. The van der Waals surface area contributed by atoms with E-state index < -0.39 is 0 Å². The van der Waals surface area contributed by atoms with Crippen molar-refractivity contribution in [3.05, 3.63) is 47.9 Å². The van der Waals surface area contributed by atoms with Crippen LogP contribution in [-0.4, -0.2) is 14.6 Å². The largest absolute Gasteiger partial charge is 0.384 e. The summed E-state index contributed by atoms with van der Waals surface area (Å²) < 4.78 is 15.3. The number of anilines is 1. The number of aryl methyl sites for hydroxylation is 1. The van der Waals surface area contributed by atoms with Crippen molar-refractivity contribution in [1.29, 1.82) is 0 Å². The van der Waals surface area contributed by atoms with E-state index in [0.717, 1.165) is 5.69 Å². The molecule has 0 aliphatic rings. The highest BCUT2D eigenvalue weighted by molar-refractivity contribution is 5.66. The van der Waals surface area contributed by atoms with Crippen LogP contribution in [-0.2, 0) is 0 Å². The van der Waals surface area contributed by atoms with Crippen LogP contribution in [0.3, 0.4) is 0 Å². The molecule has 5 heteroatoms. The lowest BCUT2D eigenvalue weighted by Gasteiger charge is -2.05. The van der Waals surface area contributed by atoms with Gasteiger partial charge in [0.05, 0.1) is 11.4 Å². The van der Waals surface area contributed by atoms with Crippen LogP contribution in [0.4, 0.5) is 10.2 Å². The minimum Gasteiger partial charge on any atom is -0.384 e. The van der Waals surface area contributed by atoms with Crippen molar-refractivity contribution < 1.29 is 4.39 Å². The first-order valence-electron chi connectivity index (χ1n) is 5.53. The van der Waals surface area contributed by atoms with Gasteiger partial charge < -0.3 is 5.73 Å². The number of fused-ring (bicyclic) bond motifs is 1. The number of benzene rings is 1. The van der Waals surface area contributed by atoms with E-state index >= 15 is 0 Å². The Balaban J connectivity index is 2.28. The number of hydrogen-bond donors (Lipinski definition) is 1. The lowest BCUT2D eigenvalue weighted by molar-refractivity contribution is 0.630. The van der Waals surface area contributed by atoms with Crippen LogP contribution >= 0.6 is 0 Å². The summed E-state index contributed by atoms with van der Waals surface area (Å²) in [5, 5.41) is 4.21. The summed E-state index contributed by atoms with van der Waals surface area (Å²) in [4.78, 5) is 4.37. The van der Waals surface area contributed by atoms with E-state index in [-0.39, 0.29) is 5.82 Å². The third-order valence-corrected chi connectivity index (χ3v) is 2.73. The molecule has 0 fully saturated rings. The smallest absolute Gasteiger partial charge is 0.158 e. The minimum absolute atomic E-state index is 0.315. The molecule has 18 heavy (non-hydrogen) atoms. The molecule has 0 spiro atoms. The summed E-state index contributed by atoms with van der Waals surface area (Å²) >= 11 is 0. The third kappa shape index (κ3) is 1.60. The number of nitrogens with two attached hydrogens (primary N) is 1. The fraction of sp³-hybridized carbons (Fsp3) is 0.0769. The van der Waals surface area contributed by atoms with Crippen molar-refractivity contribution >= 4 is 11.5 Å². The monoisotopic (exact) mass is 242 g/mol. The predicted octanol–water partition coefficient (Wildman–Crippen LogP) is 2.43. The third-order valence-electron chi connectivity index (χ3n) is 2.73. The molecule has 2 aromatic heterocycles. The summed E-state index contributed by atoms with van der Waals surface area (Å²) in [7, 11) is 0. The molecule has 3 rings (SSSR count). The SMILES string of the molecule is Cc1cc2nc(-c3ccccc3F)cc(N)n2n1. The molecule has 0 aliphatic heterocycles. The van der Waals surface area contributed by atoms with Crippen molar-refractivity contribution in [3.63, 3.8) is 0 Å². The van der Waals surface area contributed by atoms with Crippen LogP contribution < -0.4 is 5.73 Å². The van der Waals surface area contributed by atoms with Gasteiger partial charge in [0.1, 0.15) is 11.6 Å². The normalized spacial score (nSPS) is 11.0. The number of halogens is 1. The zero-order valence-electron chi connectivity index (χ0n) is 9.76. The maximum atomic E-state index is 13.7. The molecule has 4 nitrogen and oxygen atoms in total. The maximum Gasteiger partial charge on any atom is 0.158 e. The van der Waals surface area contributed by atoms with Crippen LogP contribution in [0.2, 0.25) is 0 Å². The molecule has 0 atom stereocenters. The van der Waals surface area contributed by atoms with Crippen LogP contribution in [0.5, 0.6) is 0 Å². The van der Waals surface area contributed by atoms with Crippen LogP contribution in [0, 0.1) is 12.7 Å². The van der Waals surface area contributed by atoms with Gasteiger partial charge in [-0.1, -0.05) is 12.1 Å². The first kappa shape index (κ1) is 10.7. The Morgan fingerprint density at radius 2 is 2.00 bits per heavy atom. The van der Waals surface area contributed by atoms with Gasteiger partial charge in [-0.15, -0.1) is 0 Å². The van der Waals surface area contributed by atoms with Crippen molar-refractivity contribution in [2.75, 3.05) is 5.73 Å². The number of aromatic nitrogens is 3. The molecule has 2 heterocycles. The number of nitrogens with zero attached hydrogens (tertiary/aromatic N) is 3. The molecule has 90 valence electrons. The molecule has 2 N–H and O–H groups in total. The average molecular weight is 242 g/mol. The summed E-state index contributed by atoms with van der Waals surface area (Å²) in [6, 6.07) is 9.92. The Morgan fingerprint density at radius 1 is 1.22 bits per heavy atom. The second-order valence-corrected chi connectivity index (χ2v) is 4.10. The summed E-state index contributed by atoms with van der Waals surface area (Å²) in [5.41, 5.74) is 8.28. The van der Waals surface area contributed by atoms with E-state index in [1.807, 2.05) is 6.92 Å². The Hall–Kier alpha value is -2.43. The van der Waals surface area contributed by atoms with Gasteiger partial charge in [0.25, 0.3) is 0 Å². The second kappa shape index (κ2) is 3.80. The topological polar surface area (TPSA) is 56.2 Å². The average Bonchev–Trinajstić information content (AvgIpc) is 2.71. The molecule has 1 aromatic carbocycles. The fourth-order valence-electron chi connectivity index (χ4n) is 1.92. The van der Waals surface area contributed by atoms with Crippen LogP contribution in [0.15, 0.2) is 36.4 Å². The van der Waals surface area contributed by atoms with Gasteiger partial charge in [-0.2, -0.15) is 9.61 Å². The highest BCUT2D eigenvalue weighted by atomic mass is 19.1. The van der Waals surface area contributed by atoms with Crippen molar-refractivity contribution in [2.24, 2.45) is 0 Å². The fourth-order valence-corrected chi connectivity index (χ4v) is 1.92. The minimum atomic E-state index is -0.315. The number of hydrogen-bond acceptors (Lipinski definition) is 3. The zero-order valence-corrected chi connectivity index (χ0v) is 9.76. The van der Waals surface area contributed by atoms with Crippen molar-refractivity contribution in [1.82, 2.24) is 14.6 Å². The number of nitrogen functional groups attached to an aromatic ring is 1. The quantitative estimate of drug-likeness (QED) is 0.713. The summed E-state index contributed by atoms with van der Waals surface area (Å²) in [5.74, 6) is 0.122. The Kier molecular flexibility index (Phi) is 2.26. The molecular formula is C13H11FN4. The molecule has 0 bridgehead atoms. The van der Waals surface area contributed by atoms with Gasteiger partial charge in [0.15, 0.2) is 5.65 Å². The molecule has 0 saturated carbocycles. The van der Waals surface area contributed by atoms with E-state index in [0.29, 0.717) is 22.7 Å². The Bertz CT molecular complexity index is 733. The molecule has 0 amide bonds. The molecule has 0 saturated heterocycles. The van der Waals surface area contributed by atoms with Crippen molar-refractivity contribution in [3.8, 4) is 11.3 Å². The maximum absolute atomic E-state index is 13.7. The van der Waals surface area contributed by atoms with Crippen molar-refractivity contribution in [2.45, 2.75) is 6.92 Å². The second-order valence-electron chi connectivity index (χ2n) is 4.10. The molecule has 0 radical (unpaired) electrons. The Labute approximate surface area is 103 Å². The van der Waals surface area contributed by atoms with Gasteiger partial charge in [-0.25, -0.2) is 9.37 Å². The lowest BCUT2D eigenvalue weighted by Crippen LogP contribution is -2.01. The molecular weight excluding hydrogens is 231 g/mol. The van der Waals surface area contributed by atoms with E-state index in [4.69, 9.17) is 5.73 Å². The van der Waals surface area contributed by atoms with Crippen LogP contribution in [0.25, 0.3) is 16.9 Å². The van der Waals surface area contributed by atoms with E-state index in [9.17, 15) is 4.39 Å². The highest BCUT2D eigenvalue weighted by Gasteiger charge is 2.10. The molecule has 0 aliphatic carbocycles. The first-order valence-corrected chi connectivity index (χ1v) is 5.53. The first-order chi connectivity index (χ1) is 8.65. The van der Waals surface area contributed by atoms with Gasteiger partial charge in [0, 0.05) is 17.7 Å². The summed E-state index contributed by atoms with van der Waals surface area (Å²) in [6.45, 7) is 1.86. The van der Waals surface area contributed by atoms with Gasteiger partial charge in [0.2, 0.25) is 0 Å². The van der Waals surface area contributed by atoms with Gasteiger partial charge in [-0.05, 0) is 19.1 Å². The van der Waals surface area contributed by atoms with E-state index in [2.05, 4.69) is 10.1 Å². The van der Waals surface area contributed by atoms with Gasteiger partial charge in [-0.3, -0.25) is 0 Å². The van der Waals surface area contributed by atoms with E-state index in [1.165, 1.54) is 6.07 Å². The number of rotatable bonds is 1. The van der Waals surface area contributed by atoms with Crippen LogP contribution in [0.1, 0.15) is 5.69 Å². The molecule has 0 unspecified atom stereocenters. The highest BCUT2D eigenvalue weighted by Crippen LogP contribution is 2.23. The zero-order chi connectivity index (χ0) is 12.7. The standard InChI is InChI=1S/C13H11FN4/c1-8-6-13-16-11(7-12(15)18(13)17-8)9-4-2-3-5-10(9)14/h2-7H,15H2,1H3. The predicted molar refractivity (Wildman–Crippen MR) is 67.5 cm³/mol. The van der Waals surface area contributed by atoms with E-state index in [1.54, 1.807) is 34.8 Å². The summed E-state index contributed by atoms with van der Waals surface area (Å²) in [6.07, 6.45) is 0. The molecule has 3 aromatic rings.